The molecule has 6 nitrogen and oxygen atoms in total. The van der Waals surface area contributed by atoms with E-state index in [2.05, 4.69) is 15.0 Å². The number of aromatic nitrogens is 3. The second kappa shape index (κ2) is 8.06. The second-order valence-electron chi connectivity index (χ2n) is 8.06. The number of nitrogens with zero attached hydrogens (tertiary/aromatic N) is 2. The molecule has 0 radical (unpaired) electrons. The lowest BCUT2D eigenvalue weighted by Gasteiger charge is -2.15. The quantitative estimate of drug-likeness (QED) is 0.447. The third-order valence-corrected chi connectivity index (χ3v) is 6.30. The summed E-state index contributed by atoms with van der Waals surface area (Å²) in [5.74, 6) is -1.77. The largest absolute Gasteiger partial charge is 0.456 e. The highest BCUT2D eigenvalue weighted by molar-refractivity contribution is 6.33. The first kappa shape index (κ1) is 20.5. The van der Waals surface area contributed by atoms with Gasteiger partial charge in [-0.2, -0.15) is 4.98 Å². The Morgan fingerprint density at radius 2 is 1.85 bits per heavy atom. The molecule has 6 rings (SSSR count). The van der Waals surface area contributed by atoms with Gasteiger partial charge in [0.1, 0.15) is 6.10 Å². The van der Waals surface area contributed by atoms with Gasteiger partial charge in [0.2, 0.25) is 0 Å². The first-order valence-electron chi connectivity index (χ1n) is 10.6. The fourth-order valence-electron chi connectivity index (χ4n) is 4.36. The van der Waals surface area contributed by atoms with E-state index in [0.717, 1.165) is 18.1 Å². The average molecular weight is 470 g/mol. The molecule has 2 fully saturated rings. The summed E-state index contributed by atoms with van der Waals surface area (Å²) in [6, 6.07) is 13.1. The number of nitrogens with one attached hydrogen (secondary N) is 1. The molecule has 2 aromatic heterocycles. The SMILES string of the molecule is Fc1cccc(-c2ccc(-c3nc4nc(OC5CO[C@@H]6CCO[C@H]56)[nH]c4cc3Cl)cc2)c1F. The fraction of sp³-hybridized carbons (Fsp3) is 0.250. The van der Waals surface area contributed by atoms with Gasteiger partial charge in [-0.25, -0.2) is 13.8 Å². The molecule has 2 aliphatic heterocycles. The number of halogens is 3. The molecule has 0 amide bonds. The summed E-state index contributed by atoms with van der Waals surface area (Å²) in [5, 5.41) is 0.422. The number of benzene rings is 2. The van der Waals surface area contributed by atoms with Gasteiger partial charge < -0.3 is 19.2 Å². The molecule has 168 valence electrons. The summed E-state index contributed by atoms with van der Waals surface area (Å²) in [4.78, 5) is 12.1. The summed E-state index contributed by atoms with van der Waals surface area (Å²) >= 11 is 6.49. The Kier molecular flexibility index (Phi) is 5.01. The molecule has 1 N–H and O–H groups in total. The third kappa shape index (κ3) is 3.64. The van der Waals surface area contributed by atoms with Gasteiger partial charge in [-0.15, -0.1) is 0 Å². The molecular weight excluding hydrogens is 452 g/mol. The smallest absolute Gasteiger partial charge is 0.296 e. The first-order valence-corrected chi connectivity index (χ1v) is 11.0. The van der Waals surface area contributed by atoms with Crippen molar-refractivity contribution in [1.82, 2.24) is 15.0 Å². The molecule has 33 heavy (non-hydrogen) atoms. The number of fused-ring (bicyclic) bond motifs is 2. The van der Waals surface area contributed by atoms with Crippen molar-refractivity contribution in [3.05, 3.63) is 65.2 Å². The predicted molar refractivity (Wildman–Crippen MR) is 118 cm³/mol. The fourth-order valence-corrected chi connectivity index (χ4v) is 4.62. The molecule has 2 aromatic carbocycles. The Morgan fingerprint density at radius 3 is 2.70 bits per heavy atom. The summed E-state index contributed by atoms with van der Waals surface area (Å²) < 4.78 is 45.1. The van der Waals surface area contributed by atoms with Crippen molar-refractivity contribution in [1.29, 1.82) is 0 Å². The highest BCUT2D eigenvalue weighted by atomic mass is 35.5. The number of H-pyrrole nitrogens is 1. The van der Waals surface area contributed by atoms with Crippen LogP contribution in [0.5, 0.6) is 6.01 Å². The molecule has 2 aliphatic rings. The van der Waals surface area contributed by atoms with E-state index in [1.165, 1.54) is 12.1 Å². The van der Waals surface area contributed by atoms with Crippen molar-refractivity contribution in [3.8, 4) is 28.4 Å². The minimum atomic E-state index is -0.887. The van der Waals surface area contributed by atoms with Gasteiger partial charge in [-0.3, -0.25) is 0 Å². The van der Waals surface area contributed by atoms with Gasteiger partial charge in [0.15, 0.2) is 23.4 Å². The van der Waals surface area contributed by atoms with Crippen LogP contribution in [0.3, 0.4) is 0 Å². The Labute approximate surface area is 192 Å². The summed E-state index contributed by atoms with van der Waals surface area (Å²) in [6.07, 6.45) is 0.619. The lowest BCUT2D eigenvalue weighted by molar-refractivity contribution is 0.0273. The highest BCUT2D eigenvalue weighted by Gasteiger charge is 2.43. The van der Waals surface area contributed by atoms with Gasteiger partial charge in [0.05, 0.1) is 28.9 Å². The Balaban J connectivity index is 1.28. The van der Waals surface area contributed by atoms with E-state index in [4.69, 9.17) is 25.8 Å². The molecule has 9 heteroatoms. The monoisotopic (exact) mass is 469 g/mol. The van der Waals surface area contributed by atoms with Crippen LogP contribution in [0, 0.1) is 11.6 Å². The van der Waals surface area contributed by atoms with Crippen LogP contribution >= 0.6 is 11.6 Å². The van der Waals surface area contributed by atoms with Crippen LogP contribution < -0.4 is 4.74 Å². The molecule has 1 unspecified atom stereocenters. The van der Waals surface area contributed by atoms with Crippen molar-refractivity contribution >= 4 is 22.8 Å². The topological polar surface area (TPSA) is 69.3 Å². The Morgan fingerprint density at radius 1 is 1.03 bits per heavy atom. The number of rotatable bonds is 4. The molecule has 0 aliphatic carbocycles. The normalized spacial score (nSPS) is 22.1. The Bertz CT molecular complexity index is 1350. The standard InChI is InChI=1S/C24H18ClF2N3O3/c25-15-10-17-23(30-24(28-17)33-19-11-32-18-8-9-31-22(18)19)29-21(15)13-6-4-12(5-7-13)14-2-1-3-16(26)20(14)27/h1-7,10,18-19,22H,8-9,11H2,(H,28,29,30)/t18-,19?,22+/m1/s1. The van der Waals surface area contributed by atoms with Crippen molar-refractivity contribution in [2.75, 3.05) is 13.2 Å². The molecule has 3 atom stereocenters. The maximum atomic E-state index is 14.1. The number of hydrogen-bond donors (Lipinski definition) is 1. The van der Waals surface area contributed by atoms with Gasteiger partial charge in [0.25, 0.3) is 6.01 Å². The zero-order valence-corrected chi connectivity index (χ0v) is 18.0. The van der Waals surface area contributed by atoms with E-state index in [-0.39, 0.29) is 23.9 Å². The minimum absolute atomic E-state index is 0.0716. The van der Waals surface area contributed by atoms with E-state index in [9.17, 15) is 8.78 Å². The van der Waals surface area contributed by atoms with Gasteiger partial charge in [0, 0.05) is 17.7 Å². The summed E-state index contributed by atoms with van der Waals surface area (Å²) in [6.45, 7) is 1.12. The first-order chi connectivity index (χ1) is 16.1. The third-order valence-electron chi connectivity index (χ3n) is 6.01. The van der Waals surface area contributed by atoms with Crippen LogP contribution in [-0.4, -0.2) is 46.5 Å². The van der Waals surface area contributed by atoms with Crippen molar-refractivity contribution in [3.63, 3.8) is 0 Å². The van der Waals surface area contributed by atoms with Crippen molar-refractivity contribution in [2.45, 2.75) is 24.7 Å². The van der Waals surface area contributed by atoms with Crippen LogP contribution in [0.1, 0.15) is 6.42 Å². The zero-order valence-electron chi connectivity index (χ0n) is 17.2. The number of hydrogen-bond acceptors (Lipinski definition) is 5. The molecular formula is C24H18ClF2N3O3. The second-order valence-corrected chi connectivity index (χ2v) is 8.47. The minimum Gasteiger partial charge on any atom is -0.456 e. The van der Waals surface area contributed by atoms with Crippen LogP contribution in [-0.2, 0) is 9.47 Å². The maximum Gasteiger partial charge on any atom is 0.296 e. The molecule has 0 spiro atoms. The predicted octanol–water partition coefficient (Wildman–Crippen LogP) is 5.16. The van der Waals surface area contributed by atoms with Crippen molar-refractivity contribution in [2.24, 2.45) is 0 Å². The number of imidazole rings is 1. The van der Waals surface area contributed by atoms with Crippen molar-refractivity contribution < 1.29 is 23.0 Å². The van der Waals surface area contributed by atoms with Crippen LogP contribution in [0.2, 0.25) is 5.02 Å². The van der Waals surface area contributed by atoms with E-state index in [1.807, 2.05) is 0 Å². The number of aromatic amines is 1. The van der Waals surface area contributed by atoms with Gasteiger partial charge in [-0.1, -0.05) is 48.0 Å². The molecule has 4 aromatic rings. The van der Waals surface area contributed by atoms with Crippen LogP contribution in [0.15, 0.2) is 48.5 Å². The Hall–Kier alpha value is -3.07. The van der Waals surface area contributed by atoms with E-state index in [1.54, 1.807) is 30.3 Å². The number of pyridine rings is 1. The summed E-state index contributed by atoms with van der Waals surface area (Å²) in [5.41, 5.74) is 3.08. The average Bonchev–Trinajstić information content (AvgIpc) is 3.52. The van der Waals surface area contributed by atoms with Gasteiger partial charge in [-0.05, 0) is 24.1 Å². The number of ether oxygens (including phenoxy) is 3. The lowest BCUT2D eigenvalue weighted by atomic mass is 10.0. The zero-order chi connectivity index (χ0) is 22.5. The van der Waals surface area contributed by atoms with E-state index < -0.39 is 11.6 Å². The van der Waals surface area contributed by atoms with Gasteiger partial charge >= 0.3 is 0 Å². The van der Waals surface area contributed by atoms with Crippen LogP contribution in [0.25, 0.3) is 33.5 Å². The lowest BCUT2D eigenvalue weighted by Crippen LogP contribution is -2.32. The molecule has 4 heterocycles. The maximum absolute atomic E-state index is 14.1. The van der Waals surface area contributed by atoms with E-state index in [0.29, 0.717) is 46.7 Å². The van der Waals surface area contributed by atoms with Crippen LogP contribution in [0.4, 0.5) is 8.78 Å². The molecule has 0 saturated carbocycles. The highest BCUT2D eigenvalue weighted by Crippen LogP contribution is 2.33. The molecule has 2 saturated heterocycles. The molecule has 0 bridgehead atoms. The van der Waals surface area contributed by atoms with E-state index >= 15 is 0 Å². The summed E-state index contributed by atoms with van der Waals surface area (Å²) in [7, 11) is 0.